The summed E-state index contributed by atoms with van der Waals surface area (Å²) in [5.74, 6) is 0. The lowest BCUT2D eigenvalue weighted by Crippen LogP contribution is -2.32. The second kappa shape index (κ2) is 2.16. The summed E-state index contributed by atoms with van der Waals surface area (Å²) in [6, 6.07) is 6.79. The van der Waals surface area contributed by atoms with E-state index in [1.807, 2.05) is 0 Å². The molecule has 0 saturated carbocycles. The highest BCUT2D eigenvalue weighted by atomic mass is 15.2. The summed E-state index contributed by atoms with van der Waals surface area (Å²) in [6.07, 6.45) is 2.57. The van der Waals surface area contributed by atoms with Crippen LogP contribution in [0.25, 0.3) is 0 Å². The van der Waals surface area contributed by atoms with E-state index in [0.717, 1.165) is 6.54 Å². The van der Waals surface area contributed by atoms with Gasteiger partial charge in [-0.25, -0.2) is 0 Å². The van der Waals surface area contributed by atoms with Crippen LogP contribution in [0, 0.1) is 0 Å². The van der Waals surface area contributed by atoms with Crippen LogP contribution in [0.4, 0.5) is 0 Å². The van der Waals surface area contributed by atoms with Gasteiger partial charge < -0.3 is 0 Å². The largest absolute Gasteiger partial charge is 0.293 e. The first-order valence-corrected chi connectivity index (χ1v) is 5.04. The third kappa shape index (κ3) is 0.761. The highest BCUT2D eigenvalue weighted by Crippen LogP contribution is 2.47. The van der Waals surface area contributed by atoms with E-state index in [0.29, 0.717) is 5.54 Å². The van der Waals surface area contributed by atoms with Crippen LogP contribution in [0.5, 0.6) is 0 Å². The van der Waals surface area contributed by atoms with E-state index < -0.39 is 0 Å². The number of rotatable bonds is 0. The predicted molar refractivity (Wildman–Crippen MR) is 53.6 cm³/mol. The molecule has 1 atom stereocenters. The van der Waals surface area contributed by atoms with Crippen molar-refractivity contribution in [3.8, 4) is 0 Å². The summed E-state index contributed by atoms with van der Waals surface area (Å²) in [5.41, 5.74) is 5.13. The first-order chi connectivity index (χ1) is 6.22. The van der Waals surface area contributed by atoms with E-state index in [1.54, 1.807) is 16.7 Å². The molecule has 0 N–H and O–H groups in total. The minimum Gasteiger partial charge on any atom is -0.293 e. The third-order valence-electron chi connectivity index (χ3n) is 3.91. The molecule has 3 rings (SSSR count). The van der Waals surface area contributed by atoms with Gasteiger partial charge in [0, 0.05) is 12.1 Å². The maximum atomic E-state index is 2.49. The Hall–Kier alpha value is -0.820. The lowest BCUT2D eigenvalue weighted by Gasteiger charge is -2.29. The summed E-state index contributed by atoms with van der Waals surface area (Å²) >= 11 is 0. The first kappa shape index (κ1) is 7.57. The Morgan fingerprint density at radius 1 is 1.31 bits per heavy atom. The normalized spacial score (nSPS) is 30.9. The van der Waals surface area contributed by atoms with Crippen LogP contribution in [0.1, 0.15) is 30.0 Å². The summed E-state index contributed by atoms with van der Waals surface area (Å²) < 4.78 is 0. The van der Waals surface area contributed by atoms with Crippen molar-refractivity contribution in [1.29, 1.82) is 0 Å². The van der Waals surface area contributed by atoms with Gasteiger partial charge in [-0.1, -0.05) is 18.2 Å². The van der Waals surface area contributed by atoms with Gasteiger partial charge in [0.05, 0.1) is 0 Å². The van der Waals surface area contributed by atoms with Gasteiger partial charge in [0.2, 0.25) is 0 Å². The molecule has 0 bridgehead atoms. The van der Waals surface area contributed by atoms with Crippen LogP contribution < -0.4 is 0 Å². The molecule has 1 aliphatic heterocycles. The Balaban J connectivity index is 2.31. The van der Waals surface area contributed by atoms with E-state index in [4.69, 9.17) is 0 Å². The van der Waals surface area contributed by atoms with Crippen LogP contribution in [-0.4, -0.2) is 11.9 Å². The monoisotopic (exact) mass is 173 g/mol. The number of hydrogen-bond acceptors (Lipinski definition) is 1. The average molecular weight is 173 g/mol. The Labute approximate surface area is 79.4 Å². The van der Waals surface area contributed by atoms with Crippen molar-refractivity contribution in [3.05, 3.63) is 34.9 Å². The van der Waals surface area contributed by atoms with E-state index in [9.17, 15) is 0 Å². The molecule has 0 radical (unpaired) electrons. The molecule has 1 nitrogen and oxygen atoms in total. The summed E-state index contributed by atoms with van der Waals surface area (Å²) in [5, 5.41) is 0. The second-order valence-electron chi connectivity index (χ2n) is 4.58. The van der Waals surface area contributed by atoms with E-state index in [1.165, 1.54) is 12.8 Å². The van der Waals surface area contributed by atoms with E-state index >= 15 is 0 Å². The van der Waals surface area contributed by atoms with Gasteiger partial charge in [-0.3, -0.25) is 4.90 Å². The first-order valence-electron chi connectivity index (χ1n) is 5.04. The molecule has 68 valence electrons. The molecular formula is C12H15N. The third-order valence-corrected chi connectivity index (χ3v) is 3.91. The van der Waals surface area contributed by atoms with E-state index in [2.05, 4.69) is 37.1 Å². The summed E-state index contributed by atoms with van der Waals surface area (Å²) in [7, 11) is 2.25. The Morgan fingerprint density at radius 2 is 2.08 bits per heavy atom. The molecule has 1 heteroatoms. The van der Waals surface area contributed by atoms with Crippen molar-refractivity contribution in [2.24, 2.45) is 0 Å². The zero-order valence-corrected chi connectivity index (χ0v) is 8.30. The number of hydrogen-bond donors (Lipinski definition) is 0. The van der Waals surface area contributed by atoms with Crippen molar-refractivity contribution >= 4 is 0 Å². The fourth-order valence-electron chi connectivity index (χ4n) is 3.00. The smallest absolute Gasteiger partial charge is 0.0442 e. The minimum absolute atomic E-state index is 0.353. The Bertz CT molecular complexity index is 369. The van der Waals surface area contributed by atoms with Crippen molar-refractivity contribution in [2.75, 3.05) is 7.05 Å². The number of benzene rings is 1. The van der Waals surface area contributed by atoms with Gasteiger partial charge in [0.1, 0.15) is 0 Å². The maximum Gasteiger partial charge on any atom is 0.0442 e. The minimum atomic E-state index is 0.353. The maximum absolute atomic E-state index is 2.49. The molecule has 1 unspecified atom stereocenters. The molecule has 0 spiro atoms. The lowest BCUT2D eigenvalue weighted by molar-refractivity contribution is 0.156. The lowest BCUT2D eigenvalue weighted by atomic mass is 9.94. The fraction of sp³-hybridized carbons (Fsp3) is 0.500. The molecular weight excluding hydrogens is 158 g/mol. The molecule has 1 heterocycles. The highest BCUT2D eigenvalue weighted by Gasteiger charge is 2.43. The molecule has 0 aromatic heterocycles. The van der Waals surface area contributed by atoms with Crippen LogP contribution in [0.2, 0.25) is 0 Å². The Kier molecular flexibility index (Phi) is 1.26. The molecule has 2 aliphatic rings. The standard InChI is InChI=1S/C12H15N/c1-12-7-6-9-4-3-5-10(11(9)12)8-13(12)2/h3-5H,6-8H2,1-2H3. The van der Waals surface area contributed by atoms with Gasteiger partial charge >= 0.3 is 0 Å². The summed E-state index contributed by atoms with van der Waals surface area (Å²) in [4.78, 5) is 2.49. The molecule has 0 amide bonds. The predicted octanol–water partition coefficient (Wildman–Crippen LogP) is 2.29. The van der Waals surface area contributed by atoms with Gasteiger partial charge in [0.25, 0.3) is 0 Å². The van der Waals surface area contributed by atoms with Gasteiger partial charge in [-0.15, -0.1) is 0 Å². The zero-order valence-electron chi connectivity index (χ0n) is 8.30. The highest BCUT2D eigenvalue weighted by molar-refractivity contribution is 5.47. The number of aryl methyl sites for hydroxylation is 1. The molecule has 1 aromatic carbocycles. The molecule has 1 aliphatic carbocycles. The number of nitrogens with zero attached hydrogens (tertiary/aromatic N) is 1. The second-order valence-corrected chi connectivity index (χ2v) is 4.58. The average Bonchev–Trinajstić information content (AvgIpc) is 2.57. The molecule has 0 fully saturated rings. The van der Waals surface area contributed by atoms with E-state index in [-0.39, 0.29) is 0 Å². The van der Waals surface area contributed by atoms with Crippen molar-refractivity contribution in [1.82, 2.24) is 4.90 Å². The van der Waals surface area contributed by atoms with Crippen molar-refractivity contribution < 1.29 is 0 Å². The quantitative estimate of drug-likeness (QED) is 0.582. The zero-order chi connectivity index (χ0) is 9.05. The topological polar surface area (TPSA) is 3.24 Å². The van der Waals surface area contributed by atoms with Gasteiger partial charge in [-0.2, -0.15) is 0 Å². The van der Waals surface area contributed by atoms with Gasteiger partial charge in [0.15, 0.2) is 0 Å². The van der Waals surface area contributed by atoms with Crippen LogP contribution in [-0.2, 0) is 18.5 Å². The summed E-state index contributed by atoms with van der Waals surface area (Å²) in [6.45, 7) is 3.52. The van der Waals surface area contributed by atoms with Crippen LogP contribution in [0.15, 0.2) is 18.2 Å². The molecule has 0 saturated heterocycles. The fourth-order valence-corrected chi connectivity index (χ4v) is 3.00. The van der Waals surface area contributed by atoms with Crippen molar-refractivity contribution in [2.45, 2.75) is 31.8 Å². The SMILES string of the molecule is CN1Cc2cccc3c2C1(C)CC3. The van der Waals surface area contributed by atoms with Crippen LogP contribution in [0.3, 0.4) is 0 Å². The van der Waals surface area contributed by atoms with Gasteiger partial charge in [-0.05, 0) is 43.5 Å². The Morgan fingerprint density at radius 3 is 2.92 bits per heavy atom. The molecule has 13 heavy (non-hydrogen) atoms. The van der Waals surface area contributed by atoms with Crippen LogP contribution >= 0.6 is 0 Å². The van der Waals surface area contributed by atoms with Crippen molar-refractivity contribution in [3.63, 3.8) is 0 Å². The molecule has 1 aromatic rings.